The maximum atomic E-state index is 12.5. The Hall–Kier alpha value is -5.31. The molecule has 39 heavy (non-hydrogen) atoms. The van der Waals surface area contributed by atoms with Crippen LogP contribution in [0.2, 0.25) is 0 Å². The van der Waals surface area contributed by atoms with Gasteiger partial charge in [0.1, 0.15) is 6.61 Å². The fourth-order valence-corrected chi connectivity index (χ4v) is 4.85. The molecule has 0 bridgehead atoms. The fourth-order valence-electron chi connectivity index (χ4n) is 4.85. The molecule has 2 heterocycles. The third kappa shape index (κ3) is 4.40. The summed E-state index contributed by atoms with van der Waals surface area (Å²) < 4.78 is 5.52. The van der Waals surface area contributed by atoms with Gasteiger partial charge in [-0.05, 0) is 46.5 Å². The van der Waals surface area contributed by atoms with Crippen molar-refractivity contribution in [2.75, 3.05) is 6.61 Å². The Morgan fingerprint density at radius 3 is 1.90 bits per heavy atom. The molecule has 0 saturated heterocycles. The van der Waals surface area contributed by atoms with Crippen molar-refractivity contribution in [3.63, 3.8) is 0 Å². The highest BCUT2D eigenvalue weighted by Crippen LogP contribution is 2.44. The first-order chi connectivity index (χ1) is 19.0. The van der Waals surface area contributed by atoms with E-state index in [0.717, 1.165) is 22.3 Å². The minimum Gasteiger partial charge on any atom is -0.449 e. The molecule has 0 unspecified atom stereocenters. The lowest BCUT2D eigenvalue weighted by Gasteiger charge is -2.14. The summed E-state index contributed by atoms with van der Waals surface area (Å²) in [7, 11) is 0. The van der Waals surface area contributed by atoms with Gasteiger partial charge < -0.3 is 14.9 Å². The smallest absolute Gasteiger partial charge is 0.407 e. The van der Waals surface area contributed by atoms with Gasteiger partial charge in [0.25, 0.3) is 11.8 Å². The van der Waals surface area contributed by atoms with E-state index in [2.05, 4.69) is 22.4 Å². The van der Waals surface area contributed by atoms with Gasteiger partial charge in [0.15, 0.2) is 0 Å². The molecule has 4 aromatic rings. The number of ether oxygens (including phenoxy) is 1. The van der Waals surface area contributed by atoms with Gasteiger partial charge in [0.05, 0.1) is 28.9 Å². The Labute approximate surface area is 223 Å². The molecule has 1 aliphatic heterocycles. The first-order valence-corrected chi connectivity index (χ1v) is 12.2. The molecule has 0 spiro atoms. The lowest BCUT2D eigenvalue weighted by atomic mass is 9.98. The lowest BCUT2D eigenvalue weighted by molar-refractivity contribution is -0.0584. The molecule has 3 aromatic carbocycles. The topological polar surface area (TPSA) is 115 Å². The van der Waals surface area contributed by atoms with Gasteiger partial charge >= 0.3 is 12.1 Å². The van der Waals surface area contributed by atoms with Crippen LogP contribution in [0, 0.1) is 0 Å². The molecule has 192 valence electrons. The number of amides is 3. The number of alkyl carbamates (subject to hydrolysis) is 1. The van der Waals surface area contributed by atoms with Crippen LogP contribution in [0.3, 0.4) is 0 Å². The number of carbonyl (C=O) groups excluding carboxylic acids is 4. The SMILES string of the molecule is O=C(NCc1ccc(C(=O)ON2C(=O)c3ccccc3C2=O)cn1)OCC1c2ccccc2-c2ccccc21. The quantitative estimate of drug-likeness (QED) is 0.373. The monoisotopic (exact) mass is 519 g/mol. The van der Waals surface area contributed by atoms with Crippen LogP contribution in [0.25, 0.3) is 11.1 Å². The van der Waals surface area contributed by atoms with Crippen LogP contribution in [-0.2, 0) is 16.1 Å². The van der Waals surface area contributed by atoms with E-state index in [-0.39, 0.29) is 35.8 Å². The highest BCUT2D eigenvalue weighted by molar-refractivity contribution is 6.21. The number of hydroxylamine groups is 2. The van der Waals surface area contributed by atoms with E-state index in [0.29, 0.717) is 10.8 Å². The molecular formula is C30H21N3O6. The van der Waals surface area contributed by atoms with Crippen LogP contribution in [-0.4, -0.2) is 40.5 Å². The van der Waals surface area contributed by atoms with Crippen LogP contribution in [0.5, 0.6) is 0 Å². The van der Waals surface area contributed by atoms with E-state index in [9.17, 15) is 19.2 Å². The zero-order chi connectivity index (χ0) is 26.9. The predicted octanol–water partition coefficient (Wildman–Crippen LogP) is 4.49. The number of hydrogen-bond acceptors (Lipinski definition) is 7. The van der Waals surface area contributed by atoms with E-state index >= 15 is 0 Å². The summed E-state index contributed by atoms with van der Waals surface area (Å²) in [5, 5.41) is 3.11. The van der Waals surface area contributed by atoms with Crippen molar-refractivity contribution in [1.29, 1.82) is 0 Å². The van der Waals surface area contributed by atoms with Gasteiger partial charge in [0.2, 0.25) is 0 Å². The standard InChI is InChI=1S/C30H21N3O6/c34-27-24-11-5-6-12-25(24)28(35)33(27)39-29(36)18-13-14-19(31-15-18)16-32-30(37)38-17-26-22-9-3-1-7-20(22)21-8-2-4-10-23(21)26/h1-15,26H,16-17H2,(H,32,37). The number of hydrogen-bond donors (Lipinski definition) is 1. The maximum absolute atomic E-state index is 12.5. The maximum Gasteiger partial charge on any atom is 0.407 e. The van der Waals surface area contributed by atoms with Crippen LogP contribution in [0.4, 0.5) is 4.79 Å². The zero-order valence-corrected chi connectivity index (χ0v) is 20.5. The van der Waals surface area contributed by atoms with Crippen molar-refractivity contribution in [1.82, 2.24) is 15.4 Å². The second-order valence-corrected chi connectivity index (χ2v) is 9.05. The first-order valence-electron chi connectivity index (χ1n) is 12.2. The summed E-state index contributed by atoms with van der Waals surface area (Å²) in [5.74, 6) is -2.37. The lowest BCUT2D eigenvalue weighted by Crippen LogP contribution is -2.32. The Morgan fingerprint density at radius 2 is 1.33 bits per heavy atom. The van der Waals surface area contributed by atoms with Crippen molar-refractivity contribution in [2.24, 2.45) is 0 Å². The molecular weight excluding hydrogens is 498 g/mol. The van der Waals surface area contributed by atoms with E-state index in [1.165, 1.54) is 30.5 Å². The van der Waals surface area contributed by atoms with Crippen molar-refractivity contribution >= 4 is 23.9 Å². The summed E-state index contributed by atoms with van der Waals surface area (Å²) >= 11 is 0. The van der Waals surface area contributed by atoms with E-state index in [1.807, 2.05) is 36.4 Å². The molecule has 0 radical (unpaired) electrons. The van der Waals surface area contributed by atoms with Gasteiger partial charge in [-0.2, -0.15) is 0 Å². The number of nitrogens with one attached hydrogen (secondary N) is 1. The Balaban J connectivity index is 1.03. The minimum atomic E-state index is -0.909. The summed E-state index contributed by atoms with van der Waals surface area (Å²) in [4.78, 5) is 58.9. The molecule has 0 atom stereocenters. The largest absolute Gasteiger partial charge is 0.449 e. The third-order valence-electron chi connectivity index (χ3n) is 6.75. The first kappa shape index (κ1) is 24.1. The van der Waals surface area contributed by atoms with Crippen LogP contribution in [0.1, 0.15) is 53.8 Å². The number of pyridine rings is 1. The molecule has 9 nitrogen and oxygen atoms in total. The van der Waals surface area contributed by atoms with E-state index in [4.69, 9.17) is 9.57 Å². The summed E-state index contributed by atoms with van der Waals surface area (Å²) in [6.45, 7) is 0.264. The van der Waals surface area contributed by atoms with Gasteiger partial charge in [-0.3, -0.25) is 14.6 Å². The summed E-state index contributed by atoms with van der Waals surface area (Å²) in [6.07, 6.45) is 0.655. The Kier molecular flexibility index (Phi) is 6.08. The van der Waals surface area contributed by atoms with Crippen molar-refractivity contribution in [2.45, 2.75) is 12.5 Å². The number of benzene rings is 3. The number of carbonyl (C=O) groups is 4. The molecule has 3 amide bonds. The zero-order valence-electron chi connectivity index (χ0n) is 20.5. The van der Waals surface area contributed by atoms with Gasteiger partial charge in [0, 0.05) is 12.1 Å². The Morgan fingerprint density at radius 1 is 0.769 bits per heavy atom. The summed E-state index contributed by atoms with van der Waals surface area (Å²) in [5.41, 5.74) is 5.39. The third-order valence-corrected chi connectivity index (χ3v) is 6.75. The van der Waals surface area contributed by atoms with E-state index in [1.54, 1.807) is 12.1 Å². The molecule has 1 aliphatic carbocycles. The number of fused-ring (bicyclic) bond motifs is 4. The average Bonchev–Trinajstić information content (AvgIpc) is 3.42. The second-order valence-electron chi connectivity index (χ2n) is 9.05. The van der Waals surface area contributed by atoms with Crippen LogP contribution in [0.15, 0.2) is 91.1 Å². The average molecular weight is 520 g/mol. The van der Waals surface area contributed by atoms with Crippen LogP contribution < -0.4 is 5.32 Å². The number of nitrogens with zero attached hydrogens (tertiary/aromatic N) is 2. The minimum absolute atomic E-state index is 0.0384. The van der Waals surface area contributed by atoms with Crippen molar-refractivity contribution in [3.05, 3.63) is 125 Å². The molecule has 9 heteroatoms. The normalized spacial score (nSPS) is 13.5. The van der Waals surface area contributed by atoms with Crippen molar-refractivity contribution < 1.29 is 28.8 Å². The van der Waals surface area contributed by atoms with Crippen molar-refractivity contribution in [3.8, 4) is 11.1 Å². The fraction of sp³-hybridized carbons (Fsp3) is 0.100. The highest BCUT2D eigenvalue weighted by atomic mass is 16.7. The Bertz CT molecular complexity index is 1550. The predicted molar refractivity (Wildman–Crippen MR) is 139 cm³/mol. The number of aromatic nitrogens is 1. The number of imide groups is 1. The highest BCUT2D eigenvalue weighted by Gasteiger charge is 2.38. The van der Waals surface area contributed by atoms with Gasteiger partial charge in [-0.25, -0.2) is 9.59 Å². The second kappa shape index (κ2) is 9.86. The molecule has 0 saturated carbocycles. The molecule has 6 rings (SSSR count). The molecule has 1 N–H and O–H groups in total. The summed E-state index contributed by atoms with van der Waals surface area (Å²) in [6, 6.07) is 25.4. The van der Waals surface area contributed by atoms with Gasteiger partial charge in [-0.15, -0.1) is 0 Å². The molecule has 2 aliphatic rings. The molecule has 0 fully saturated rings. The number of rotatable bonds is 6. The molecule has 1 aromatic heterocycles. The van der Waals surface area contributed by atoms with Gasteiger partial charge in [-0.1, -0.05) is 65.7 Å². The van der Waals surface area contributed by atoms with Crippen LogP contribution >= 0.6 is 0 Å². The van der Waals surface area contributed by atoms with E-state index < -0.39 is 23.9 Å².